The number of nitrogens with two attached hydrogens (primary N) is 1. The SMILES string of the molecule is Cc1c(NC(=O)C2CC3CC3C2)cccc1C(N)=O. The summed E-state index contributed by atoms with van der Waals surface area (Å²) in [6, 6.07) is 5.24. The fourth-order valence-corrected chi connectivity index (χ4v) is 3.20. The first-order valence-corrected chi connectivity index (χ1v) is 6.76. The summed E-state index contributed by atoms with van der Waals surface area (Å²) in [5.74, 6) is 1.33. The van der Waals surface area contributed by atoms with Crippen molar-refractivity contribution in [3.05, 3.63) is 29.3 Å². The molecule has 0 aliphatic heterocycles. The molecule has 0 aromatic heterocycles. The number of hydrogen-bond donors (Lipinski definition) is 2. The van der Waals surface area contributed by atoms with E-state index >= 15 is 0 Å². The third-order valence-corrected chi connectivity index (χ3v) is 4.47. The summed E-state index contributed by atoms with van der Waals surface area (Å²) in [4.78, 5) is 23.5. The van der Waals surface area contributed by atoms with Gasteiger partial charge in [0.05, 0.1) is 0 Å². The van der Waals surface area contributed by atoms with Crippen LogP contribution in [0.1, 0.15) is 35.2 Å². The molecule has 0 radical (unpaired) electrons. The molecule has 4 nitrogen and oxygen atoms in total. The first-order chi connectivity index (χ1) is 9.06. The van der Waals surface area contributed by atoms with Crippen LogP contribution in [-0.2, 0) is 4.79 Å². The molecular formula is C15H18N2O2. The molecule has 2 fully saturated rings. The molecule has 100 valence electrons. The van der Waals surface area contributed by atoms with Crippen LogP contribution in [-0.4, -0.2) is 11.8 Å². The van der Waals surface area contributed by atoms with Gasteiger partial charge in [-0.3, -0.25) is 9.59 Å². The van der Waals surface area contributed by atoms with E-state index in [9.17, 15) is 9.59 Å². The van der Waals surface area contributed by atoms with Crippen LogP contribution in [0.3, 0.4) is 0 Å². The number of hydrogen-bond acceptors (Lipinski definition) is 2. The minimum absolute atomic E-state index is 0.0805. The molecule has 2 aliphatic carbocycles. The Balaban J connectivity index is 1.74. The largest absolute Gasteiger partial charge is 0.366 e. The van der Waals surface area contributed by atoms with Crippen LogP contribution >= 0.6 is 0 Å². The Hall–Kier alpha value is -1.84. The lowest BCUT2D eigenvalue weighted by Gasteiger charge is -2.15. The number of rotatable bonds is 3. The smallest absolute Gasteiger partial charge is 0.249 e. The second-order valence-electron chi connectivity index (χ2n) is 5.76. The van der Waals surface area contributed by atoms with Crippen LogP contribution in [0.15, 0.2) is 18.2 Å². The van der Waals surface area contributed by atoms with Crippen LogP contribution in [0.25, 0.3) is 0 Å². The number of amides is 2. The lowest BCUT2D eigenvalue weighted by atomic mass is 10.0. The number of anilines is 1. The first kappa shape index (κ1) is 12.2. The molecule has 3 rings (SSSR count). The Labute approximate surface area is 112 Å². The maximum atomic E-state index is 12.2. The minimum Gasteiger partial charge on any atom is -0.366 e. The normalized spacial score (nSPS) is 27.7. The van der Waals surface area contributed by atoms with Gasteiger partial charge in [0.2, 0.25) is 11.8 Å². The highest BCUT2D eigenvalue weighted by Crippen LogP contribution is 2.54. The van der Waals surface area contributed by atoms with E-state index in [4.69, 9.17) is 5.73 Å². The molecule has 2 saturated carbocycles. The van der Waals surface area contributed by atoms with Gasteiger partial charge >= 0.3 is 0 Å². The average Bonchev–Trinajstić information content (AvgIpc) is 2.98. The zero-order chi connectivity index (χ0) is 13.6. The molecular weight excluding hydrogens is 240 g/mol. The minimum atomic E-state index is -0.462. The number of carbonyl (C=O) groups is 2. The van der Waals surface area contributed by atoms with Crippen molar-refractivity contribution in [2.24, 2.45) is 23.5 Å². The summed E-state index contributed by atoms with van der Waals surface area (Å²) < 4.78 is 0. The van der Waals surface area contributed by atoms with E-state index in [0.717, 1.165) is 30.2 Å². The van der Waals surface area contributed by atoms with E-state index in [1.54, 1.807) is 12.1 Å². The lowest BCUT2D eigenvalue weighted by Crippen LogP contribution is -2.23. The molecule has 0 spiro atoms. The molecule has 0 heterocycles. The van der Waals surface area contributed by atoms with Crippen LogP contribution in [0.4, 0.5) is 5.69 Å². The van der Waals surface area contributed by atoms with Gasteiger partial charge < -0.3 is 11.1 Å². The standard InChI is InChI=1S/C15H18N2O2/c1-8-12(14(16)18)3-2-4-13(8)17-15(19)11-6-9-5-10(9)7-11/h2-4,9-11H,5-7H2,1H3,(H2,16,18)(H,17,19). The van der Waals surface area contributed by atoms with Crippen molar-refractivity contribution in [1.82, 2.24) is 0 Å². The summed E-state index contributed by atoms with van der Waals surface area (Å²) in [5.41, 5.74) is 7.21. The van der Waals surface area contributed by atoms with Gasteiger partial charge in [-0.15, -0.1) is 0 Å². The quantitative estimate of drug-likeness (QED) is 0.871. The number of benzene rings is 1. The van der Waals surface area contributed by atoms with Crippen LogP contribution in [0.5, 0.6) is 0 Å². The summed E-state index contributed by atoms with van der Waals surface area (Å²) in [7, 11) is 0. The molecule has 1 aromatic carbocycles. The number of fused-ring (bicyclic) bond motifs is 1. The Morgan fingerprint density at radius 3 is 2.53 bits per heavy atom. The number of primary amides is 1. The summed E-state index contributed by atoms with van der Waals surface area (Å²) in [5, 5.41) is 2.94. The zero-order valence-corrected chi connectivity index (χ0v) is 11.0. The molecule has 4 heteroatoms. The fourth-order valence-electron chi connectivity index (χ4n) is 3.20. The molecule has 2 unspecified atom stereocenters. The average molecular weight is 258 g/mol. The highest BCUT2D eigenvalue weighted by atomic mass is 16.2. The van der Waals surface area contributed by atoms with E-state index in [0.29, 0.717) is 11.3 Å². The van der Waals surface area contributed by atoms with Crippen molar-refractivity contribution < 1.29 is 9.59 Å². The second-order valence-corrected chi connectivity index (χ2v) is 5.76. The van der Waals surface area contributed by atoms with E-state index in [1.807, 2.05) is 13.0 Å². The maximum absolute atomic E-state index is 12.2. The monoisotopic (exact) mass is 258 g/mol. The third-order valence-electron chi connectivity index (χ3n) is 4.47. The molecule has 2 amide bonds. The van der Waals surface area contributed by atoms with Gasteiger partial charge in [0.1, 0.15) is 0 Å². The molecule has 1 aromatic rings. The van der Waals surface area contributed by atoms with E-state index in [1.165, 1.54) is 6.42 Å². The summed E-state index contributed by atoms with van der Waals surface area (Å²) >= 11 is 0. The Morgan fingerprint density at radius 1 is 1.21 bits per heavy atom. The van der Waals surface area contributed by atoms with Gasteiger partial charge in [-0.25, -0.2) is 0 Å². The summed E-state index contributed by atoms with van der Waals surface area (Å²) in [6.07, 6.45) is 3.34. The van der Waals surface area contributed by atoms with E-state index in [-0.39, 0.29) is 11.8 Å². The third kappa shape index (κ3) is 2.23. The summed E-state index contributed by atoms with van der Waals surface area (Å²) in [6.45, 7) is 1.81. The Kier molecular flexibility index (Phi) is 2.81. The highest BCUT2D eigenvalue weighted by molar-refractivity contribution is 5.99. The molecule has 2 aliphatic rings. The fraction of sp³-hybridized carbons (Fsp3) is 0.467. The first-order valence-electron chi connectivity index (χ1n) is 6.76. The lowest BCUT2D eigenvalue weighted by molar-refractivity contribution is -0.120. The van der Waals surface area contributed by atoms with E-state index < -0.39 is 5.91 Å². The Morgan fingerprint density at radius 2 is 1.89 bits per heavy atom. The number of nitrogens with one attached hydrogen (secondary N) is 1. The van der Waals surface area contributed by atoms with Gasteiger partial charge in [-0.05, 0) is 55.7 Å². The van der Waals surface area contributed by atoms with Gasteiger partial charge in [0.25, 0.3) is 0 Å². The van der Waals surface area contributed by atoms with Gasteiger partial charge in [0.15, 0.2) is 0 Å². The van der Waals surface area contributed by atoms with Crippen molar-refractivity contribution in [3.63, 3.8) is 0 Å². The Bertz CT molecular complexity index is 543. The zero-order valence-electron chi connectivity index (χ0n) is 11.0. The van der Waals surface area contributed by atoms with Gasteiger partial charge in [-0.1, -0.05) is 6.07 Å². The van der Waals surface area contributed by atoms with Crippen LogP contribution in [0, 0.1) is 24.7 Å². The van der Waals surface area contributed by atoms with Crippen molar-refractivity contribution in [1.29, 1.82) is 0 Å². The van der Waals surface area contributed by atoms with Crippen molar-refractivity contribution in [2.75, 3.05) is 5.32 Å². The molecule has 0 bridgehead atoms. The van der Waals surface area contributed by atoms with Crippen molar-refractivity contribution in [3.8, 4) is 0 Å². The van der Waals surface area contributed by atoms with E-state index in [2.05, 4.69) is 5.32 Å². The predicted octanol–water partition coefficient (Wildman–Crippen LogP) is 2.08. The molecule has 19 heavy (non-hydrogen) atoms. The number of carbonyl (C=O) groups excluding carboxylic acids is 2. The molecule has 0 saturated heterocycles. The topological polar surface area (TPSA) is 72.2 Å². The highest BCUT2D eigenvalue weighted by Gasteiger charge is 2.48. The van der Waals surface area contributed by atoms with Gasteiger partial charge in [-0.2, -0.15) is 0 Å². The maximum Gasteiger partial charge on any atom is 0.249 e. The van der Waals surface area contributed by atoms with Crippen molar-refractivity contribution in [2.45, 2.75) is 26.2 Å². The van der Waals surface area contributed by atoms with Crippen LogP contribution in [0.2, 0.25) is 0 Å². The van der Waals surface area contributed by atoms with Crippen LogP contribution < -0.4 is 11.1 Å². The predicted molar refractivity (Wildman–Crippen MR) is 72.6 cm³/mol. The molecule has 2 atom stereocenters. The van der Waals surface area contributed by atoms with Crippen molar-refractivity contribution >= 4 is 17.5 Å². The second kappa shape index (κ2) is 4.37. The van der Waals surface area contributed by atoms with Gasteiger partial charge in [0, 0.05) is 17.2 Å². The molecule has 3 N–H and O–H groups in total.